The molecule has 4 heteroatoms. The minimum absolute atomic E-state index is 0.0952. The monoisotopic (exact) mass is 246 g/mol. The first-order valence-electron chi connectivity index (χ1n) is 5.57. The van der Waals surface area contributed by atoms with Crippen LogP contribution in [0.25, 0.3) is 11.3 Å². The van der Waals surface area contributed by atoms with Crippen LogP contribution in [0.2, 0.25) is 0 Å². The first kappa shape index (κ1) is 10.6. The molecule has 0 bridgehead atoms. The molecule has 3 rings (SSSR count). The van der Waals surface area contributed by atoms with E-state index in [-0.39, 0.29) is 5.60 Å². The molecule has 1 aliphatic heterocycles. The summed E-state index contributed by atoms with van der Waals surface area (Å²) in [6.07, 6.45) is 0.940. The molecule has 0 saturated heterocycles. The smallest absolute Gasteiger partial charge is 0.180 e. The Labute approximate surface area is 104 Å². The highest BCUT2D eigenvalue weighted by atomic mass is 32.1. The zero-order valence-electron chi connectivity index (χ0n) is 9.86. The lowest BCUT2D eigenvalue weighted by atomic mass is 10.00. The van der Waals surface area contributed by atoms with Crippen molar-refractivity contribution in [1.82, 2.24) is 4.98 Å². The molecule has 1 aliphatic rings. The molecule has 0 fully saturated rings. The van der Waals surface area contributed by atoms with Gasteiger partial charge in [-0.2, -0.15) is 0 Å². The maximum Gasteiger partial charge on any atom is 0.180 e. The predicted octanol–water partition coefficient (Wildman–Crippen LogP) is 3.11. The van der Waals surface area contributed by atoms with E-state index >= 15 is 0 Å². The Balaban J connectivity index is 2.01. The zero-order valence-corrected chi connectivity index (χ0v) is 10.7. The first-order chi connectivity index (χ1) is 8.03. The lowest BCUT2D eigenvalue weighted by Crippen LogP contribution is -2.24. The molecule has 2 N–H and O–H groups in total. The molecule has 1 aromatic heterocycles. The fourth-order valence-corrected chi connectivity index (χ4v) is 2.76. The van der Waals surface area contributed by atoms with Gasteiger partial charge in [-0.05, 0) is 37.6 Å². The summed E-state index contributed by atoms with van der Waals surface area (Å²) in [6, 6.07) is 6.21. The lowest BCUT2D eigenvalue weighted by molar-refractivity contribution is 0.138. The summed E-state index contributed by atoms with van der Waals surface area (Å²) >= 11 is 1.47. The molecule has 0 unspecified atom stereocenters. The molecule has 88 valence electrons. The van der Waals surface area contributed by atoms with Gasteiger partial charge in [-0.25, -0.2) is 4.98 Å². The fraction of sp³-hybridized carbons (Fsp3) is 0.308. The lowest BCUT2D eigenvalue weighted by Gasteiger charge is -2.16. The van der Waals surface area contributed by atoms with Crippen LogP contribution in [-0.2, 0) is 6.42 Å². The SMILES string of the molecule is CC1(C)Cc2cc(-c3csc(N)n3)ccc2O1. The summed E-state index contributed by atoms with van der Waals surface area (Å²) in [4.78, 5) is 4.30. The molecule has 1 aromatic carbocycles. The van der Waals surface area contributed by atoms with Crippen LogP contribution in [0.1, 0.15) is 19.4 Å². The number of nitrogen functional groups attached to an aromatic ring is 1. The molecule has 2 aromatic rings. The number of hydrogen-bond donors (Lipinski definition) is 1. The van der Waals surface area contributed by atoms with Crippen LogP contribution in [0, 0.1) is 0 Å². The van der Waals surface area contributed by atoms with Crippen molar-refractivity contribution in [3.8, 4) is 17.0 Å². The topological polar surface area (TPSA) is 48.1 Å². The number of thiazole rings is 1. The highest BCUT2D eigenvalue weighted by molar-refractivity contribution is 7.13. The Hall–Kier alpha value is -1.55. The second-order valence-corrected chi connectivity index (χ2v) is 5.82. The summed E-state index contributed by atoms with van der Waals surface area (Å²) in [7, 11) is 0. The van der Waals surface area contributed by atoms with Crippen molar-refractivity contribution in [2.24, 2.45) is 0 Å². The largest absolute Gasteiger partial charge is 0.487 e. The van der Waals surface area contributed by atoms with Gasteiger partial charge in [-0.3, -0.25) is 0 Å². The summed E-state index contributed by atoms with van der Waals surface area (Å²) in [5.41, 5.74) is 8.86. The molecular weight excluding hydrogens is 232 g/mol. The fourth-order valence-electron chi connectivity index (χ4n) is 2.19. The first-order valence-corrected chi connectivity index (χ1v) is 6.45. The van der Waals surface area contributed by atoms with E-state index in [1.807, 2.05) is 17.5 Å². The second-order valence-electron chi connectivity index (χ2n) is 4.93. The van der Waals surface area contributed by atoms with Gasteiger partial charge in [0.25, 0.3) is 0 Å². The summed E-state index contributed by atoms with van der Waals surface area (Å²) < 4.78 is 5.85. The maximum atomic E-state index is 5.85. The average Bonchev–Trinajstić information content (AvgIpc) is 2.78. The average molecular weight is 246 g/mol. The number of hydrogen-bond acceptors (Lipinski definition) is 4. The van der Waals surface area contributed by atoms with E-state index in [9.17, 15) is 0 Å². The van der Waals surface area contributed by atoms with Crippen LogP contribution >= 0.6 is 11.3 Å². The quantitative estimate of drug-likeness (QED) is 0.841. The van der Waals surface area contributed by atoms with Gasteiger partial charge in [0, 0.05) is 17.4 Å². The van der Waals surface area contributed by atoms with E-state index in [1.165, 1.54) is 16.9 Å². The van der Waals surface area contributed by atoms with Crippen molar-refractivity contribution in [1.29, 1.82) is 0 Å². The van der Waals surface area contributed by atoms with Crippen LogP contribution in [0.5, 0.6) is 5.75 Å². The van der Waals surface area contributed by atoms with E-state index in [0.29, 0.717) is 5.13 Å². The normalized spacial score (nSPS) is 16.6. The van der Waals surface area contributed by atoms with Crippen molar-refractivity contribution in [2.45, 2.75) is 25.9 Å². The summed E-state index contributed by atoms with van der Waals surface area (Å²) in [6.45, 7) is 4.21. The molecular formula is C13H14N2OS. The minimum Gasteiger partial charge on any atom is -0.487 e. The van der Waals surface area contributed by atoms with E-state index < -0.39 is 0 Å². The number of anilines is 1. The Morgan fingerprint density at radius 3 is 2.94 bits per heavy atom. The number of nitrogens with zero attached hydrogens (tertiary/aromatic N) is 1. The Morgan fingerprint density at radius 2 is 2.24 bits per heavy atom. The van der Waals surface area contributed by atoms with Crippen molar-refractivity contribution >= 4 is 16.5 Å². The molecule has 0 spiro atoms. The Bertz CT molecular complexity index is 575. The maximum absolute atomic E-state index is 5.85. The second kappa shape index (κ2) is 3.47. The molecule has 2 heterocycles. The summed E-state index contributed by atoms with van der Waals surface area (Å²) in [5, 5.41) is 2.59. The van der Waals surface area contributed by atoms with Crippen molar-refractivity contribution < 1.29 is 4.74 Å². The Morgan fingerprint density at radius 1 is 1.41 bits per heavy atom. The number of ether oxygens (including phenoxy) is 1. The Kier molecular flexibility index (Phi) is 2.16. The van der Waals surface area contributed by atoms with Crippen molar-refractivity contribution in [2.75, 3.05) is 5.73 Å². The molecule has 17 heavy (non-hydrogen) atoms. The van der Waals surface area contributed by atoms with Crippen molar-refractivity contribution in [3.05, 3.63) is 29.1 Å². The third-order valence-electron chi connectivity index (χ3n) is 2.88. The molecule has 0 atom stereocenters. The van der Waals surface area contributed by atoms with E-state index in [0.717, 1.165) is 23.4 Å². The molecule has 0 radical (unpaired) electrons. The van der Waals surface area contributed by atoms with Crippen LogP contribution in [0.15, 0.2) is 23.6 Å². The third kappa shape index (κ3) is 1.89. The van der Waals surface area contributed by atoms with E-state index in [1.54, 1.807) is 0 Å². The molecule has 0 saturated carbocycles. The van der Waals surface area contributed by atoms with E-state index in [4.69, 9.17) is 10.5 Å². The number of benzene rings is 1. The van der Waals surface area contributed by atoms with Gasteiger partial charge in [0.1, 0.15) is 11.4 Å². The number of nitrogens with two attached hydrogens (primary N) is 1. The number of rotatable bonds is 1. The standard InChI is InChI=1S/C13H14N2OS/c1-13(2)6-9-5-8(3-4-11(9)16-13)10-7-17-12(14)15-10/h3-5,7H,6H2,1-2H3,(H2,14,15). The molecule has 3 nitrogen and oxygen atoms in total. The van der Waals surface area contributed by atoms with Crippen LogP contribution < -0.4 is 10.5 Å². The van der Waals surface area contributed by atoms with Gasteiger partial charge in [-0.15, -0.1) is 11.3 Å². The highest BCUT2D eigenvalue weighted by Crippen LogP contribution is 2.37. The number of fused-ring (bicyclic) bond motifs is 1. The van der Waals surface area contributed by atoms with Crippen LogP contribution in [0.3, 0.4) is 0 Å². The minimum atomic E-state index is -0.0952. The summed E-state index contributed by atoms with van der Waals surface area (Å²) in [5.74, 6) is 0.988. The third-order valence-corrected chi connectivity index (χ3v) is 3.55. The van der Waals surface area contributed by atoms with Gasteiger partial charge in [-0.1, -0.05) is 0 Å². The predicted molar refractivity (Wildman–Crippen MR) is 70.4 cm³/mol. The van der Waals surface area contributed by atoms with E-state index in [2.05, 4.69) is 24.9 Å². The van der Waals surface area contributed by atoms with Crippen LogP contribution in [0.4, 0.5) is 5.13 Å². The highest BCUT2D eigenvalue weighted by Gasteiger charge is 2.30. The number of aromatic nitrogens is 1. The molecule has 0 amide bonds. The van der Waals surface area contributed by atoms with Crippen molar-refractivity contribution in [3.63, 3.8) is 0 Å². The van der Waals surface area contributed by atoms with Gasteiger partial charge >= 0.3 is 0 Å². The van der Waals surface area contributed by atoms with Gasteiger partial charge in [0.05, 0.1) is 5.69 Å². The van der Waals surface area contributed by atoms with Gasteiger partial charge in [0.15, 0.2) is 5.13 Å². The molecule has 0 aliphatic carbocycles. The van der Waals surface area contributed by atoms with Gasteiger partial charge < -0.3 is 10.5 Å². The van der Waals surface area contributed by atoms with Crippen LogP contribution in [-0.4, -0.2) is 10.6 Å². The zero-order chi connectivity index (χ0) is 12.0. The van der Waals surface area contributed by atoms with Gasteiger partial charge in [0.2, 0.25) is 0 Å².